The van der Waals surface area contributed by atoms with Gasteiger partial charge in [-0.05, 0) is 25.0 Å². The molecule has 0 aromatic carbocycles. The third kappa shape index (κ3) is 3.61. The summed E-state index contributed by atoms with van der Waals surface area (Å²) in [6.45, 7) is 0.692. The van der Waals surface area contributed by atoms with Gasteiger partial charge in [0.2, 0.25) is 0 Å². The molecule has 1 aromatic heterocycles. The minimum absolute atomic E-state index is 0.405. The predicted molar refractivity (Wildman–Crippen MR) is 59.0 cm³/mol. The maximum atomic E-state index is 5.60. The van der Waals surface area contributed by atoms with Crippen LogP contribution in [-0.4, -0.2) is 11.1 Å². The minimum Gasteiger partial charge on any atom is -0.298 e. The van der Waals surface area contributed by atoms with Crippen LogP contribution < -0.4 is 5.48 Å². The third-order valence-corrected chi connectivity index (χ3v) is 2.78. The summed E-state index contributed by atoms with van der Waals surface area (Å²) in [5, 5.41) is 0. The maximum absolute atomic E-state index is 5.60. The molecule has 0 unspecified atom stereocenters. The molecule has 82 valence electrons. The van der Waals surface area contributed by atoms with Crippen LogP contribution >= 0.6 is 0 Å². The molecule has 0 bridgehead atoms. The van der Waals surface area contributed by atoms with Gasteiger partial charge in [0.1, 0.15) is 0 Å². The number of nitrogens with one attached hydrogen (secondary N) is 1. The second-order valence-electron chi connectivity index (χ2n) is 4.02. The Kier molecular flexibility index (Phi) is 4.11. The van der Waals surface area contributed by atoms with Crippen LogP contribution in [0.3, 0.4) is 0 Å². The maximum Gasteiger partial charge on any atom is 0.0790 e. The Hall–Kier alpha value is -0.930. The van der Waals surface area contributed by atoms with Crippen LogP contribution in [-0.2, 0) is 11.4 Å². The van der Waals surface area contributed by atoms with E-state index in [2.05, 4.69) is 10.5 Å². The van der Waals surface area contributed by atoms with Gasteiger partial charge in [-0.2, -0.15) is 5.48 Å². The first-order chi connectivity index (χ1) is 7.45. The molecule has 1 aliphatic carbocycles. The van der Waals surface area contributed by atoms with E-state index in [-0.39, 0.29) is 0 Å². The monoisotopic (exact) mass is 206 g/mol. The lowest BCUT2D eigenvalue weighted by molar-refractivity contribution is -0.0457. The lowest BCUT2D eigenvalue weighted by Crippen LogP contribution is -2.25. The number of pyridine rings is 1. The van der Waals surface area contributed by atoms with Crippen molar-refractivity contribution >= 4 is 0 Å². The highest BCUT2D eigenvalue weighted by Gasteiger charge is 2.13. The molecular weight excluding hydrogens is 188 g/mol. The fourth-order valence-electron chi connectivity index (χ4n) is 1.92. The van der Waals surface area contributed by atoms with Gasteiger partial charge in [-0.25, -0.2) is 0 Å². The number of rotatable bonds is 4. The Morgan fingerprint density at radius 2 is 2.13 bits per heavy atom. The summed E-state index contributed by atoms with van der Waals surface area (Å²) < 4.78 is 0. The molecule has 0 saturated heterocycles. The molecule has 3 heteroatoms. The van der Waals surface area contributed by atoms with E-state index in [1.165, 1.54) is 32.1 Å². The second-order valence-corrected chi connectivity index (χ2v) is 4.02. The van der Waals surface area contributed by atoms with Crippen LogP contribution in [0, 0.1) is 0 Å². The van der Waals surface area contributed by atoms with Gasteiger partial charge in [0.05, 0.1) is 18.3 Å². The lowest BCUT2D eigenvalue weighted by Gasteiger charge is -2.21. The van der Waals surface area contributed by atoms with Crippen molar-refractivity contribution in [1.82, 2.24) is 10.5 Å². The predicted octanol–water partition coefficient (Wildman–Crippen LogP) is 2.44. The van der Waals surface area contributed by atoms with Gasteiger partial charge in [0, 0.05) is 6.20 Å². The van der Waals surface area contributed by atoms with E-state index in [4.69, 9.17) is 4.84 Å². The van der Waals surface area contributed by atoms with Crippen LogP contribution in [0.5, 0.6) is 0 Å². The van der Waals surface area contributed by atoms with Crippen molar-refractivity contribution in [3.63, 3.8) is 0 Å². The highest BCUT2D eigenvalue weighted by atomic mass is 16.7. The molecule has 0 amide bonds. The Bertz CT molecular complexity index is 270. The number of nitrogens with zero attached hydrogens (tertiary/aromatic N) is 1. The third-order valence-electron chi connectivity index (χ3n) is 2.78. The van der Waals surface area contributed by atoms with Crippen LogP contribution in [0.1, 0.15) is 37.8 Å². The molecule has 1 N–H and O–H groups in total. The Morgan fingerprint density at radius 3 is 2.87 bits per heavy atom. The number of hydrogen-bond donors (Lipinski definition) is 1. The van der Waals surface area contributed by atoms with Gasteiger partial charge in [-0.15, -0.1) is 0 Å². The topological polar surface area (TPSA) is 34.1 Å². The zero-order chi connectivity index (χ0) is 10.3. The van der Waals surface area contributed by atoms with Gasteiger partial charge < -0.3 is 0 Å². The van der Waals surface area contributed by atoms with Gasteiger partial charge in [-0.3, -0.25) is 9.82 Å². The molecule has 1 aromatic rings. The standard InChI is InChI=1S/C12H18N2O/c1-2-7-12(8-3-1)15-14-10-11-6-4-5-9-13-11/h4-6,9,12,14H,1-3,7-8,10H2. The molecule has 1 heterocycles. The van der Waals surface area contributed by atoms with Gasteiger partial charge >= 0.3 is 0 Å². The molecule has 0 radical (unpaired) electrons. The molecule has 0 aliphatic heterocycles. The SMILES string of the molecule is c1ccc(CNOC2CCCCC2)nc1. The molecule has 1 aliphatic rings. The van der Waals surface area contributed by atoms with Crippen molar-refractivity contribution in [2.45, 2.75) is 44.8 Å². The Balaban J connectivity index is 1.66. The first-order valence-corrected chi connectivity index (χ1v) is 5.73. The van der Waals surface area contributed by atoms with Crippen molar-refractivity contribution in [2.24, 2.45) is 0 Å². The van der Waals surface area contributed by atoms with Crippen molar-refractivity contribution in [3.05, 3.63) is 30.1 Å². The summed E-state index contributed by atoms with van der Waals surface area (Å²) >= 11 is 0. The lowest BCUT2D eigenvalue weighted by atomic mass is 9.98. The van der Waals surface area contributed by atoms with Gasteiger partial charge in [0.15, 0.2) is 0 Å². The fraction of sp³-hybridized carbons (Fsp3) is 0.583. The van der Waals surface area contributed by atoms with Crippen LogP contribution in [0.4, 0.5) is 0 Å². The average molecular weight is 206 g/mol. The zero-order valence-electron chi connectivity index (χ0n) is 8.98. The average Bonchev–Trinajstić information content (AvgIpc) is 2.32. The second kappa shape index (κ2) is 5.83. The summed E-state index contributed by atoms with van der Waals surface area (Å²) in [7, 11) is 0. The van der Waals surface area contributed by atoms with Gasteiger partial charge in [-0.1, -0.05) is 25.3 Å². The molecule has 15 heavy (non-hydrogen) atoms. The summed E-state index contributed by atoms with van der Waals surface area (Å²) in [5.41, 5.74) is 4.03. The van der Waals surface area contributed by atoms with Crippen LogP contribution in [0.2, 0.25) is 0 Å². The van der Waals surface area contributed by atoms with E-state index in [1.807, 2.05) is 18.2 Å². The minimum atomic E-state index is 0.405. The largest absolute Gasteiger partial charge is 0.298 e. The van der Waals surface area contributed by atoms with Crippen molar-refractivity contribution in [1.29, 1.82) is 0 Å². The zero-order valence-corrected chi connectivity index (χ0v) is 8.98. The van der Waals surface area contributed by atoms with Crippen LogP contribution in [0.15, 0.2) is 24.4 Å². The number of hydroxylamine groups is 1. The first kappa shape index (κ1) is 10.6. The summed E-state index contributed by atoms with van der Waals surface area (Å²) in [4.78, 5) is 9.82. The normalized spacial score (nSPS) is 17.9. The van der Waals surface area contributed by atoms with E-state index >= 15 is 0 Å². The number of aromatic nitrogens is 1. The van der Waals surface area contributed by atoms with Crippen LogP contribution in [0.25, 0.3) is 0 Å². The molecule has 0 spiro atoms. The van der Waals surface area contributed by atoms with E-state index in [0.29, 0.717) is 12.6 Å². The van der Waals surface area contributed by atoms with E-state index in [9.17, 15) is 0 Å². The van der Waals surface area contributed by atoms with E-state index < -0.39 is 0 Å². The van der Waals surface area contributed by atoms with Crippen molar-refractivity contribution in [3.8, 4) is 0 Å². The molecule has 2 rings (SSSR count). The summed E-state index contributed by atoms with van der Waals surface area (Å²) in [6, 6.07) is 5.91. The van der Waals surface area contributed by atoms with E-state index in [1.54, 1.807) is 6.20 Å². The smallest absolute Gasteiger partial charge is 0.0790 e. The Morgan fingerprint density at radius 1 is 1.27 bits per heavy atom. The molecule has 0 atom stereocenters. The quantitative estimate of drug-likeness (QED) is 0.768. The summed E-state index contributed by atoms with van der Waals surface area (Å²) in [5.74, 6) is 0. The summed E-state index contributed by atoms with van der Waals surface area (Å²) in [6.07, 6.45) is 8.55. The molecular formula is C12H18N2O. The highest BCUT2D eigenvalue weighted by Crippen LogP contribution is 2.19. The Labute approximate surface area is 90.8 Å². The molecule has 3 nitrogen and oxygen atoms in total. The molecule has 1 fully saturated rings. The first-order valence-electron chi connectivity index (χ1n) is 5.73. The molecule has 1 saturated carbocycles. The van der Waals surface area contributed by atoms with Gasteiger partial charge in [0.25, 0.3) is 0 Å². The van der Waals surface area contributed by atoms with Crippen molar-refractivity contribution in [2.75, 3.05) is 0 Å². The highest BCUT2D eigenvalue weighted by molar-refractivity contribution is 5.02. The van der Waals surface area contributed by atoms with E-state index in [0.717, 1.165) is 5.69 Å². The number of hydrogen-bond acceptors (Lipinski definition) is 3. The van der Waals surface area contributed by atoms with Crippen molar-refractivity contribution < 1.29 is 4.84 Å². The fourth-order valence-corrected chi connectivity index (χ4v) is 1.92.